The van der Waals surface area contributed by atoms with Crippen LogP contribution in [-0.2, 0) is 24.2 Å². The number of ether oxygens (including phenoxy) is 1. The third-order valence-corrected chi connectivity index (χ3v) is 5.99. The van der Waals surface area contributed by atoms with Crippen LogP contribution in [0.3, 0.4) is 0 Å². The Kier molecular flexibility index (Phi) is 4.29. The van der Waals surface area contributed by atoms with E-state index in [4.69, 9.17) is 4.74 Å². The number of para-hydroxylation sites is 1. The lowest BCUT2D eigenvalue weighted by Gasteiger charge is -2.32. The van der Waals surface area contributed by atoms with Crippen LogP contribution in [0.4, 0.5) is 0 Å². The van der Waals surface area contributed by atoms with Crippen LogP contribution in [0.2, 0.25) is 0 Å². The number of carbonyl (C=O) groups is 1. The predicted molar refractivity (Wildman–Crippen MR) is 95.5 cm³/mol. The maximum atomic E-state index is 12.4. The molecular weight excluding hydrogens is 320 g/mol. The maximum absolute atomic E-state index is 12.4. The summed E-state index contributed by atoms with van der Waals surface area (Å²) >= 11 is 1.86. The van der Waals surface area contributed by atoms with E-state index in [9.17, 15) is 4.79 Å². The van der Waals surface area contributed by atoms with E-state index in [1.807, 2.05) is 35.6 Å². The number of carbonyl (C=O) groups excluding carboxylic acids is 1. The van der Waals surface area contributed by atoms with Crippen molar-refractivity contribution in [2.75, 3.05) is 13.1 Å². The third-order valence-electron chi connectivity index (χ3n) is 4.97. The second-order valence-corrected chi connectivity index (χ2v) is 7.60. The van der Waals surface area contributed by atoms with Crippen molar-refractivity contribution in [2.24, 2.45) is 0 Å². The molecule has 0 bridgehead atoms. The van der Waals surface area contributed by atoms with E-state index in [-0.39, 0.29) is 12.0 Å². The van der Waals surface area contributed by atoms with Gasteiger partial charge in [-0.2, -0.15) is 0 Å². The summed E-state index contributed by atoms with van der Waals surface area (Å²) in [4.78, 5) is 16.4. The van der Waals surface area contributed by atoms with Crippen LogP contribution in [0.15, 0.2) is 35.7 Å². The number of rotatable bonds is 4. The number of fused-ring (bicyclic) bond motifs is 2. The van der Waals surface area contributed by atoms with Gasteiger partial charge in [0.05, 0.1) is 0 Å². The molecule has 3 heterocycles. The summed E-state index contributed by atoms with van der Waals surface area (Å²) in [5.41, 5.74) is 2.56. The molecular formula is C19H22N2O2S. The number of nitrogens with one attached hydrogen (secondary N) is 1. The van der Waals surface area contributed by atoms with Crippen molar-refractivity contribution in [3.63, 3.8) is 0 Å². The zero-order valence-corrected chi connectivity index (χ0v) is 14.6. The Labute approximate surface area is 146 Å². The minimum atomic E-state index is -0.389. The molecule has 2 aliphatic heterocycles. The number of nitrogens with zero attached hydrogens (tertiary/aromatic N) is 1. The average Bonchev–Trinajstić information content (AvgIpc) is 3.24. The average molecular weight is 342 g/mol. The van der Waals surface area contributed by atoms with Crippen LogP contribution < -0.4 is 10.1 Å². The van der Waals surface area contributed by atoms with E-state index < -0.39 is 0 Å². The second-order valence-electron chi connectivity index (χ2n) is 6.60. The number of benzene rings is 1. The van der Waals surface area contributed by atoms with Gasteiger partial charge in [0.25, 0.3) is 5.91 Å². The molecule has 1 N–H and O–H groups in total. The molecule has 1 aromatic heterocycles. The lowest BCUT2D eigenvalue weighted by atomic mass is 10.1. The van der Waals surface area contributed by atoms with Gasteiger partial charge in [0.1, 0.15) is 5.75 Å². The summed E-state index contributed by atoms with van der Waals surface area (Å²) in [5, 5.41) is 5.25. The quantitative estimate of drug-likeness (QED) is 0.929. The summed E-state index contributed by atoms with van der Waals surface area (Å²) < 4.78 is 5.76. The van der Waals surface area contributed by atoms with Crippen molar-refractivity contribution in [1.82, 2.24) is 10.2 Å². The smallest absolute Gasteiger partial charge is 0.261 e. The molecule has 2 atom stereocenters. The van der Waals surface area contributed by atoms with Gasteiger partial charge in [0.2, 0.25) is 0 Å². The van der Waals surface area contributed by atoms with Crippen molar-refractivity contribution >= 4 is 17.2 Å². The Morgan fingerprint density at radius 3 is 3.12 bits per heavy atom. The van der Waals surface area contributed by atoms with Crippen molar-refractivity contribution in [2.45, 2.75) is 38.5 Å². The lowest BCUT2D eigenvalue weighted by molar-refractivity contribution is -0.127. The highest BCUT2D eigenvalue weighted by atomic mass is 32.1. The Hall–Kier alpha value is -1.85. The fourth-order valence-corrected chi connectivity index (χ4v) is 4.36. The van der Waals surface area contributed by atoms with E-state index in [1.54, 1.807) is 0 Å². The molecule has 4 rings (SSSR count). The van der Waals surface area contributed by atoms with Crippen LogP contribution >= 0.6 is 11.3 Å². The van der Waals surface area contributed by atoms with Crippen LogP contribution in [0.5, 0.6) is 5.75 Å². The SMILES string of the molecule is C[C@@H](CNC(=O)[C@@H]1Cc2ccccc2O1)N1CCc2sccc2C1. The van der Waals surface area contributed by atoms with Crippen LogP contribution in [0.1, 0.15) is 22.9 Å². The zero-order valence-electron chi connectivity index (χ0n) is 13.8. The van der Waals surface area contributed by atoms with Gasteiger partial charge in [-0.1, -0.05) is 18.2 Å². The zero-order chi connectivity index (χ0) is 16.5. The summed E-state index contributed by atoms with van der Waals surface area (Å²) in [7, 11) is 0. The first kappa shape index (κ1) is 15.7. The Bertz CT molecular complexity index is 717. The highest BCUT2D eigenvalue weighted by Crippen LogP contribution is 2.28. The Morgan fingerprint density at radius 2 is 2.25 bits per heavy atom. The normalized spacial score (nSPS) is 20.8. The van der Waals surface area contributed by atoms with Gasteiger partial charge >= 0.3 is 0 Å². The van der Waals surface area contributed by atoms with Crippen molar-refractivity contribution in [1.29, 1.82) is 0 Å². The molecule has 4 nitrogen and oxygen atoms in total. The largest absolute Gasteiger partial charge is 0.480 e. The molecule has 126 valence electrons. The first-order valence-electron chi connectivity index (χ1n) is 8.52. The van der Waals surface area contributed by atoms with Gasteiger partial charge in [0.15, 0.2) is 6.10 Å². The topological polar surface area (TPSA) is 41.6 Å². The molecule has 2 aliphatic rings. The van der Waals surface area contributed by atoms with Gasteiger partial charge < -0.3 is 10.1 Å². The van der Waals surface area contributed by atoms with Crippen molar-refractivity contribution in [3.05, 3.63) is 51.7 Å². The van der Waals surface area contributed by atoms with Crippen LogP contribution in [0, 0.1) is 0 Å². The van der Waals surface area contributed by atoms with Crippen molar-refractivity contribution in [3.8, 4) is 5.75 Å². The number of amides is 1. The van der Waals surface area contributed by atoms with Crippen LogP contribution in [0.25, 0.3) is 0 Å². The number of hydrogen-bond donors (Lipinski definition) is 1. The molecule has 5 heteroatoms. The predicted octanol–water partition coefficient (Wildman–Crippen LogP) is 2.61. The molecule has 0 saturated carbocycles. The summed E-state index contributed by atoms with van der Waals surface area (Å²) in [6.07, 6.45) is 1.39. The minimum absolute atomic E-state index is 0.00807. The molecule has 24 heavy (non-hydrogen) atoms. The maximum Gasteiger partial charge on any atom is 0.261 e. The van der Waals surface area contributed by atoms with Crippen LogP contribution in [-0.4, -0.2) is 36.0 Å². The summed E-state index contributed by atoms with van der Waals surface area (Å²) in [6.45, 7) is 4.90. The fraction of sp³-hybridized carbons (Fsp3) is 0.421. The second kappa shape index (κ2) is 6.57. The van der Waals surface area contributed by atoms with E-state index >= 15 is 0 Å². The number of thiophene rings is 1. The summed E-state index contributed by atoms with van der Waals surface area (Å²) in [6, 6.07) is 10.4. The molecule has 0 aliphatic carbocycles. The molecule has 0 unspecified atom stereocenters. The van der Waals surface area contributed by atoms with E-state index in [0.717, 1.165) is 30.8 Å². The summed E-state index contributed by atoms with van der Waals surface area (Å²) in [5.74, 6) is 0.831. The van der Waals surface area contributed by atoms with Gasteiger partial charge in [0, 0.05) is 37.0 Å². The molecule has 1 aromatic carbocycles. The van der Waals surface area contributed by atoms with Gasteiger partial charge in [-0.25, -0.2) is 0 Å². The highest BCUT2D eigenvalue weighted by Gasteiger charge is 2.29. The standard InChI is InChI=1S/C19H22N2O2S/c1-13(21-8-6-18-15(12-21)7-9-24-18)11-20-19(22)17-10-14-4-2-3-5-16(14)23-17/h2-5,7,9,13,17H,6,8,10-12H2,1H3,(H,20,22)/t13-,17-/m0/s1. The lowest BCUT2D eigenvalue weighted by Crippen LogP contribution is -2.47. The minimum Gasteiger partial charge on any atom is -0.480 e. The first-order valence-corrected chi connectivity index (χ1v) is 9.40. The molecule has 2 aromatic rings. The monoisotopic (exact) mass is 342 g/mol. The molecule has 1 amide bonds. The van der Waals surface area contributed by atoms with Gasteiger partial charge in [-0.15, -0.1) is 11.3 Å². The van der Waals surface area contributed by atoms with Gasteiger partial charge in [-0.05, 0) is 42.0 Å². The third kappa shape index (κ3) is 3.06. The number of hydrogen-bond acceptors (Lipinski definition) is 4. The molecule has 0 saturated heterocycles. The molecule has 0 fully saturated rings. The Morgan fingerprint density at radius 1 is 1.38 bits per heavy atom. The van der Waals surface area contributed by atoms with E-state index in [0.29, 0.717) is 19.0 Å². The van der Waals surface area contributed by atoms with E-state index in [1.165, 1.54) is 10.4 Å². The molecule has 0 spiro atoms. The molecule has 0 radical (unpaired) electrons. The highest BCUT2D eigenvalue weighted by molar-refractivity contribution is 7.10. The van der Waals surface area contributed by atoms with Crippen molar-refractivity contribution < 1.29 is 9.53 Å². The Balaban J connectivity index is 1.29. The first-order chi connectivity index (χ1) is 11.7. The van der Waals surface area contributed by atoms with Gasteiger partial charge in [-0.3, -0.25) is 9.69 Å². The van der Waals surface area contributed by atoms with E-state index in [2.05, 4.69) is 28.6 Å². The fourth-order valence-electron chi connectivity index (χ4n) is 3.47.